The first-order chi connectivity index (χ1) is 4.66. The molecule has 1 saturated heterocycles. The molecule has 10 heavy (non-hydrogen) atoms. The van der Waals surface area contributed by atoms with Gasteiger partial charge in [0.1, 0.15) is 0 Å². The molecule has 1 fully saturated rings. The molecule has 0 spiro atoms. The highest BCUT2D eigenvalue weighted by molar-refractivity contribution is 7.44. The molecule has 0 radical (unpaired) electrons. The van der Waals surface area contributed by atoms with E-state index in [-0.39, 0.29) is 11.9 Å². The standard InChI is InChI=1S/C5H9N3OS/c1-3-7-4(2)5(9)6-8(7)10/h4H,3H2,1-2H3/p+1. The molecule has 0 aromatic carbocycles. The van der Waals surface area contributed by atoms with Gasteiger partial charge in [-0.3, -0.25) is 4.79 Å². The van der Waals surface area contributed by atoms with Crippen LogP contribution in [0.3, 0.4) is 0 Å². The van der Waals surface area contributed by atoms with Crippen LogP contribution in [0.4, 0.5) is 0 Å². The number of carbonyl (C=O) groups is 1. The van der Waals surface area contributed by atoms with Gasteiger partial charge < -0.3 is 0 Å². The normalized spacial score (nSPS) is 25.4. The molecule has 1 amide bonds. The van der Waals surface area contributed by atoms with Gasteiger partial charge in [0.25, 0.3) is 0 Å². The first-order valence-corrected chi connectivity index (χ1v) is 3.57. The molecule has 0 bridgehead atoms. The Bertz CT molecular complexity index is 182. The van der Waals surface area contributed by atoms with Crippen LogP contribution in [0, 0.1) is 0 Å². The Morgan fingerprint density at radius 3 is 2.70 bits per heavy atom. The minimum absolute atomic E-state index is 0.0307. The first-order valence-electron chi connectivity index (χ1n) is 3.21. The molecule has 0 aliphatic carbocycles. The number of nitrogens with zero attached hydrogens (tertiary/aromatic N) is 2. The van der Waals surface area contributed by atoms with Crippen molar-refractivity contribution >= 4 is 18.3 Å². The molecule has 0 saturated carbocycles. The zero-order valence-corrected chi connectivity index (χ0v) is 6.81. The van der Waals surface area contributed by atoms with Crippen LogP contribution < -0.4 is 5.43 Å². The molecule has 1 aliphatic rings. The summed E-state index contributed by atoms with van der Waals surface area (Å²) in [6, 6.07) is -0.123. The zero-order valence-electron chi connectivity index (χ0n) is 6.00. The smallest absolute Gasteiger partial charge is 0.266 e. The van der Waals surface area contributed by atoms with Crippen LogP contribution in [0.15, 0.2) is 0 Å². The third-order valence-corrected chi connectivity index (χ3v) is 1.89. The predicted octanol–water partition coefficient (Wildman–Crippen LogP) is -0.600. The van der Waals surface area contributed by atoms with Gasteiger partial charge in [0.15, 0.2) is 6.04 Å². The summed E-state index contributed by atoms with van der Waals surface area (Å²) in [5.41, 5.74) is 2.50. The quantitative estimate of drug-likeness (QED) is 0.520. The largest absolute Gasteiger partial charge is 0.334 e. The van der Waals surface area contributed by atoms with E-state index in [1.54, 1.807) is 5.01 Å². The highest BCUT2D eigenvalue weighted by Gasteiger charge is 2.38. The van der Waals surface area contributed by atoms with Crippen LogP contribution in [-0.4, -0.2) is 27.7 Å². The lowest BCUT2D eigenvalue weighted by atomic mass is 10.3. The van der Waals surface area contributed by atoms with E-state index in [9.17, 15) is 4.79 Å². The summed E-state index contributed by atoms with van der Waals surface area (Å²) in [4.78, 5) is 10.9. The van der Waals surface area contributed by atoms with Crippen molar-refractivity contribution in [3.05, 3.63) is 0 Å². The molecule has 1 unspecified atom stereocenters. The topological polar surface area (TPSA) is 35.4 Å². The molecular formula is C5H10N3OS+. The van der Waals surface area contributed by atoms with E-state index in [1.165, 1.54) is 4.16 Å². The number of likely N-dealkylation sites (N-methyl/N-ethyl adjacent to an activating group) is 1. The van der Waals surface area contributed by atoms with E-state index < -0.39 is 0 Å². The fourth-order valence-electron chi connectivity index (χ4n) is 0.947. The van der Waals surface area contributed by atoms with Crippen molar-refractivity contribution in [3.8, 4) is 0 Å². The Kier molecular flexibility index (Phi) is 1.85. The number of carbonyl (C=O) groups excluding carboxylic acids is 1. The van der Waals surface area contributed by atoms with Crippen LogP contribution in [0.2, 0.25) is 0 Å². The van der Waals surface area contributed by atoms with Gasteiger partial charge in [0.2, 0.25) is 0 Å². The lowest BCUT2D eigenvalue weighted by Crippen LogP contribution is -2.34. The lowest BCUT2D eigenvalue weighted by Gasteiger charge is -2.06. The summed E-state index contributed by atoms with van der Waals surface area (Å²) in [7, 11) is 0. The number of hydrazine groups is 2. The van der Waals surface area contributed by atoms with E-state index in [0.29, 0.717) is 0 Å². The average molecular weight is 160 g/mol. The second-order valence-electron chi connectivity index (χ2n) is 2.18. The van der Waals surface area contributed by atoms with Gasteiger partial charge in [-0.1, -0.05) is 5.43 Å². The second kappa shape index (κ2) is 2.49. The van der Waals surface area contributed by atoms with Gasteiger partial charge in [0, 0.05) is 0 Å². The summed E-state index contributed by atoms with van der Waals surface area (Å²) >= 11 is 4.80. The van der Waals surface area contributed by atoms with E-state index >= 15 is 0 Å². The molecule has 0 aromatic heterocycles. The molecule has 4 nitrogen and oxygen atoms in total. The maximum absolute atomic E-state index is 10.9. The van der Waals surface area contributed by atoms with Gasteiger partial charge in [-0.05, 0) is 13.8 Å². The van der Waals surface area contributed by atoms with Crippen molar-refractivity contribution in [1.82, 2.24) is 10.4 Å². The van der Waals surface area contributed by atoms with Gasteiger partial charge in [-0.15, -0.1) is 5.01 Å². The first kappa shape index (κ1) is 7.40. The summed E-state index contributed by atoms with van der Waals surface area (Å²) in [5, 5.41) is 1.78. The van der Waals surface area contributed by atoms with Crippen molar-refractivity contribution in [1.29, 1.82) is 0 Å². The summed E-state index contributed by atoms with van der Waals surface area (Å²) in [6.45, 7) is 4.53. The fourth-order valence-corrected chi connectivity index (χ4v) is 1.29. The molecule has 1 N–H and O–H groups in total. The Labute approximate surface area is 64.9 Å². The average Bonchev–Trinajstić information content (AvgIpc) is 2.09. The highest BCUT2D eigenvalue weighted by atomic mass is 32.1. The molecular weight excluding hydrogens is 150 g/mol. The van der Waals surface area contributed by atoms with Gasteiger partial charge in [-0.25, -0.2) is 0 Å². The van der Waals surface area contributed by atoms with Crippen molar-refractivity contribution in [2.45, 2.75) is 19.9 Å². The fraction of sp³-hybridized carbons (Fsp3) is 0.800. The van der Waals surface area contributed by atoms with Gasteiger partial charge in [0.05, 0.1) is 10.7 Å². The molecule has 0 aromatic rings. The molecule has 1 aliphatic heterocycles. The summed E-state index contributed by atoms with van der Waals surface area (Å²) in [6.07, 6.45) is 0. The SMILES string of the molecule is CCN1C(C)C(=O)N[N+]1=S. The van der Waals surface area contributed by atoms with E-state index in [4.69, 9.17) is 12.4 Å². The number of amides is 1. The lowest BCUT2D eigenvalue weighted by molar-refractivity contribution is -0.688. The minimum Gasteiger partial charge on any atom is -0.266 e. The molecule has 1 rings (SSSR count). The molecule has 5 heteroatoms. The Hall–Kier alpha value is -0.710. The zero-order chi connectivity index (χ0) is 7.72. The van der Waals surface area contributed by atoms with E-state index in [1.807, 2.05) is 13.8 Å². The van der Waals surface area contributed by atoms with Crippen molar-refractivity contribution in [2.75, 3.05) is 6.54 Å². The maximum Gasteiger partial charge on any atom is 0.334 e. The highest BCUT2D eigenvalue weighted by Crippen LogP contribution is 2.03. The monoisotopic (exact) mass is 160 g/mol. The third kappa shape index (κ3) is 0.965. The van der Waals surface area contributed by atoms with Gasteiger partial charge in [-0.2, -0.15) is 0 Å². The van der Waals surface area contributed by atoms with Crippen LogP contribution in [-0.2, 0) is 17.2 Å². The van der Waals surface area contributed by atoms with Crippen LogP contribution in [0.25, 0.3) is 0 Å². The van der Waals surface area contributed by atoms with Crippen molar-refractivity contribution in [3.63, 3.8) is 0 Å². The Balaban J connectivity index is 2.73. The van der Waals surface area contributed by atoms with Crippen LogP contribution >= 0.6 is 0 Å². The van der Waals surface area contributed by atoms with Crippen molar-refractivity contribution in [2.24, 2.45) is 0 Å². The van der Waals surface area contributed by atoms with E-state index in [2.05, 4.69) is 5.43 Å². The second-order valence-corrected chi connectivity index (χ2v) is 2.53. The minimum atomic E-state index is -0.123. The molecule has 56 valence electrons. The number of rotatable bonds is 1. The summed E-state index contributed by atoms with van der Waals surface area (Å²) < 4.78 is 1.31. The third-order valence-electron chi connectivity index (χ3n) is 1.59. The molecule has 1 heterocycles. The van der Waals surface area contributed by atoms with Crippen molar-refractivity contribution < 1.29 is 8.96 Å². The van der Waals surface area contributed by atoms with E-state index in [0.717, 1.165) is 6.54 Å². The van der Waals surface area contributed by atoms with Crippen LogP contribution in [0.1, 0.15) is 13.8 Å². The number of hydrogen-bond acceptors (Lipinski definition) is 2. The summed E-state index contributed by atoms with van der Waals surface area (Å²) in [5.74, 6) is -0.0307. The maximum atomic E-state index is 10.9. The Morgan fingerprint density at radius 2 is 2.50 bits per heavy atom. The molecule has 1 atom stereocenters. The van der Waals surface area contributed by atoms with Crippen LogP contribution in [0.5, 0.6) is 0 Å². The number of hydrogen-bond donors (Lipinski definition) is 1. The Morgan fingerprint density at radius 1 is 1.90 bits per heavy atom. The van der Waals surface area contributed by atoms with Gasteiger partial charge >= 0.3 is 18.3 Å². The number of nitrogens with one attached hydrogen (secondary N) is 1. The predicted molar refractivity (Wildman–Crippen MR) is 37.6 cm³/mol.